The minimum atomic E-state index is 0.326. The summed E-state index contributed by atoms with van der Waals surface area (Å²) >= 11 is 5.95. The fourth-order valence-corrected chi connectivity index (χ4v) is 2.60. The monoisotopic (exact) mass is 300 g/mol. The molecule has 0 saturated carbocycles. The third-order valence-electron chi connectivity index (χ3n) is 3.40. The Balaban J connectivity index is 0.000000774. The molecule has 1 aliphatic heterocycles. The van der Waals surface area contributed by atoms with E-state index in [1.807, 2.05) is 56.2 Å². The molecule has 0 saturated heterocycles. The highest BCUT2D eigenvalue weighted by molar-refractivity contribution is 6.30. The summed E-state index contributed by atoms with van der Waals surface area (Å²) in [4.78, 5) is 0. The Morgan fingerprint density at radius 3 is 2.24 bits per heavy atom. The van der Waals surface area contributed by atoms with Crippen molar-refractivity contribution in [2.45, 2.75) is 19.8 Å². The van der Waals surface area contributed by atoms with Crippen LogP contribution in [0.5, 0.6) is 0 Å². The number of nitrogens with zero attached hydrogens (tertiary/aromatic N) is 2. The van der Waals surface area contributed by atoms with Gasteiger partial charge in [-0.2, -0.15) is 5.10 Å². The van der Waals surface area contributed by atoms with Crippen LogP contribution in [0.1, 0.15) is 30.9 Å². The molecule has 3 rings (SSSR count). The van der Waals surface area contributed by atoms with Crippen LogP contribution in [0.4, 0.5) is 0 Å². The Kier molecular flexibility index (Phi) is 5.40. The van der Waals surface area contributed by atoms with Gasteiger partial charge in [0.05, 0.1) is 5.71 Å². The highest BCUT2D eigenvalue weighted by atomic mass is 35.5. The van der Waals surface area contributed by atoms with Crippen molar-refractivity contribution in [3.05, 3.63) is 70.7 Å². The summed E-state index contributed by atoms with van der Waals surface area (Å²) in [5.74, 6) is 0.326. The van der Waals surface area contributed by atoms with E-state index in [9.17, 15) is 0 Å². The maximum atomic E-state index is 5.95. The number of halogens is 1. The van der Waals surface area contributed by atoms with E-state index in [0.29, 0.717) is 5.92 Å². The van der Waals surface area contributed by atoms with Gasteiger partial charge in [0.1, 0.15) is 0 Å². The average Bonchev–Trinajstić information content (AvgIpc) is 2.93. The first-order valence-corrected chi connectivity index (χ1v) is 7.72. The first-order valence-electron chi connectivity index (χ1n) is 7.34. The fraction of sp³-hybridized carbons (Fsp3) is 0.278. The molecule has 0 aliphatic carbocycles. The molecule has 1 aliphatic rings. The van der Waals surface area contributed by atoms with Crippen molar-refractivity contribution >= 4 is 17.3 Å². The molecule has 0 aromatic heterocycles. The molecule has 2 aromatic carbocycles. The van der Waals surface area contributed by atoms with E-state index in [1.54, 1.807) is 0 Å². The van der Waals surface area contributed by atoms with Crippen LogP contribution >= 0.6 is 11.6 Å². The van der Waals surface area contributed by atoms with Gasteiger partial charge in [0.2, 0.25) is 0 Å². The highest BCUT2D eigenvalue weighted by Gasteiger charge is 2.27. The zero-order chi connectivity index (χ0) is 15.2. The van der Waals surface area contributed by atoms with Gasteiger partial charge in [-0.3, -0.25) is 5.01 Å². The van der Waals surface area contributed by atoms with E-state index in [2.05, 4.69) is 29.4 Å². The van der Waals surface area contributed by atoms with Crippen molar-refractivity contribution < 1.29 is 0 Å². The van der Waals surface area contributed by atoms with Crippen molar-refractivity contribution in [3.63, 3.8) is 0 Å². The number of hydrogen-bond acceptors (Lipinski definition) is 2. The number of rotatable bonds is 2. The molecule has 2 nitrogen and oxygen atoms in total. The van der Waals surface area contributed by atoms with Crippen LogP contribution < -0.4 is 0 Å². The van der Waals surface area contributed by atoms with Crippen LogP contribution in [0.2, 0.25) is 5.02 Å². The van der Waals surface area contributed by atoms with Gasteiger partial charge in [0, 0.05) is 24.5 Å². The normalized spacial score (nSPS) is 17.0. The minimum Gasteiger partial charge on any atom is -0.299 e. The van der Waals surface area contributed by atoms with Crippen LogP contribution in [-0.2, 0) is 0 Å². The smallest absolute Gasteiger partial charge is 0.0770 e. The summed E-state index contributed by atoms with van der Waals surface area (Å²) in [5.41, 5.74) is 3.56. The fourth-order valence-electron chi connectivity index (χ4n) is 2.47. The van der Waals surface area contributed by atoms with E-state index in [1.165, 1.54) is 5.56 Å². The van der Waals surface area contributed by atoms with E-state index in [-0.39, 0.29) is 0 Å². The van der Waals surface area contributed by atoms with Gasteiger partial charge in [0.15, 0.2) is 0 Å². The molecule has 1 heterocycles. The van der Waals surface area contributed by atoms with Crippen LogP contribution in [0.3, 0.4) is 0 Å². The minimum absolute atomic E-state index is 0.326. The second-order valence-electron chi connectivity index (χ2n) is 4.80. The topological polar surface area (TPSA) is 15.6 Å². The standard InChI is InChI=1S/C16H15ClN2.C2H6/c1-19-11-15(12-5-3-2-4-6-12)16(18-19)13-7-9-14(17)10-8-13;1-2/h2-10,15H,11H2,1H3;1-2H3. The van der Waals surface area contributed by atoms with Crippen LogP contribution in [0.15, 0.2) is 59.7 Å². The number of hydrazone groups is 1. The molecule has 0 bridgehead atoms. The Labute approximate surface area is 132 Å². The van der Waals surface area contributed by atoms with Crippen molar-refractivity contribution in [3.8, 4) is 0 Å². The molecule has 0 fully saturated rings. The van der Waals surface area contributed by atoms with Crippen molar-refractivity contribution in [1.29, 1.82) is 0 Å². The second-order valence-corrected chi connectivity index (χ2v) is 5.23. The lowest BCUT2D eigenvalue weighted by Gasteiger charge is -2.13. The Bertz CT molecular complexity index is 590. The van der Waals surface area contributed by atoms with Crippen LogP contribution in [0.25, 0.3) is 0 Å². The van der Waals surface area contributed by atoms with Crippen LogP contribution in [-0.4, -0.2) is 24.3 Å². The predicted molar refractivity (Wildman–Crippen MR) is 91.2 cm³/mol. The quantitative estimate of drug-likeness (QED) is 0.778. The largest absolute Gasteiger partial charge is 0.299 e. The zero-order valence-electron chi connectivity index (χ0n) is 12.8. The summed E-state index contributed by atoms with van der Waals surface area (Å²) in [6.07, 6.45) is 0. The van der Waals surface area contributed by atoms with E-state index in [4.69, 9.17) is 11.6 Å². The summed E-state index contributed by atoms with van der Waals surface area (Å²) in [5, 5.41) is 7.41. The van der Waals surface area contributed by atoms with Crippen molar-refractivity contribution in [1.82, 2.24) is 5.01 Å². The molecule has 1 unspecified atom stereocenters. The molecule has 2 aromatic rings. The molecule has 0 spiro atoms. The van der Waals surface area contributed by atoms with Crippen molar-refractivity contribution in [2.24, 2.45) is 5.10 Å². The van der Waals surface area contributed by atoms with Crippen LogP contribution in [0, 0.1) is 0 Å². The molecule has 1 atom stereocenters. The second kappa shape index (κ2) is 7.28. The summed E-state index contributed by atoms with van der Waals surface area (Å²) in [6, 6.07) is 18.4. The van der Waals surface area contributed by atoms with E-state index < -0.39 is 0 Å². The molecule has 0 radical (unpaired) electrons. The van der Waals surface area contributed by atoms with Gasteiger partial charge >= 0.3 is 0 Å². The summed E-state index contributed by atoms with van der Waals surface area (Å²) < 4.78 is 0. The van der Waals surface area contributed by atoms with Gasteiger partial charge in [-0.15, -0.1) is 0 Å². The first kappa shape index (κ1) is 15.6. The molecule has 0 amide bonds. The third kappa shape index (κ3) is 3.64. The lowest BCUT2D eigenvalue weighted by atomic mass is 9.91. The summed E-state index contributed by atoms with van der Waals surface area (Å²) in [7, 11) is 2.01. The maximum absolute atomic E-state index is 5.95. The molecule has 110 valence electrons. The van der Waals surface area contributed by atoms with E-state index >= 15 is 0 Å². The molecule has 3 heteroatoms. The lowest BCUT2D eigenvalue weighted by molar-refractivity contribution is 0.381. The SMILES string of the molecule is CC.CN1CC(c2ccccc2)C(c2ccc(Cl)cc2)=N1. The number of hydrogen-bond donors (Lipinski definition) is 0. The average molecular weight is 301 g/mol. The lowest BCUT2D eigenvalue weighted by Crippen LogP contribution is -2.15. The van der Waals surface area contributed by atoms with Crippen molar-refractivity contribution in [2.75, 3.05) is 13.6 Å². The highest BCUT2D eigenvalue weighted by Crippen LogP contribution is 2.28. The first-order chi connectivity index (χ1) is 10.2. The van der Waals surface area contributed by atoms with Gasteiger partial charge < -0.3 is 0 Å². The molecule has 0 N–H and O–H groups in total. The maximum Gasteiger partial charge on any atom is 0.0770 e. The number of likely N-dealkylation sites (N-methyl/N-ethyl adjacent to an activating group) is 1. The summed E-state index contributed by atoms with van der Waals surface area (Å²) in [6.45, 7) is 4.92. The Hall–Kier alpha value is -1.80. The van der Waals surface area contributed by atoms with E-state index in [0.717, 1.165) is 22.8 Å². The van der Waals surface area contributed by atoms with Gasteiger partial charge in [0.25, 0.3) is 0 Å². The molecular weight excluding hydrogens is 280 g/mol. The predicted octanol–water partition coefficient (Wildman–Crippen LogP) is 4.80. The van der Waals surface area contributed by atoms with Gasteiger partial charge in [-0.05, 0) is 23.3 Å². The van der Waals surface area contributed by atoms with Gasteiger partial charge in [-0.1, -0.05) is 67.9 Å². The molecular formula is C18H21ClN2. The number of benzene rings is 2. The zero-order valence-corrected chi connectivity index (χ0v) is 13.5. The Morgan fingerprint density at radius 1 is 1.00 bits per heavy atom. The molecule has 21 heavy (non-hydrogen) atoms. The Morgan fingerprint density at radius 2 is 1.62 bits per heavy atom. The third-order valence-corrected chi connectivity index (χ3v) is 3.65. The van der Waals surface area contributed by atoms with Gasteiger partial charge in [-0.25, -0.2) is 0 Å².